The SMILES string of the molecule is Cc1cnn(-c2ccc(C(=O)NCCCN)cc2)c1.Cl. The lowest BCUT2D eigenvalue weighted by Crippen LogP contribution is -2.25. The zero-order valence-electron chi connectivity index (χ0n) is 11.4. The van der Waals surface area contributed by atoms with E-state index in [9.17, 15) is 4.79 Å². The molecule has 20 heavy (non-hydrogen) atoms. The van der Waals surface area contributed by atoms with Crippen LogP contribution in [-0.2, 0) is 0 Å². The summed E-state index contributed by atoms with van der Waals surface area (Å²) in [5, 5.41) is 7.05. The lowest BCUT2D eigenvalue weighted by atomic mass is 10.2. The van der Waals surface area contributed by atoms with Crippen LogP contribution < -0.4 is 11.1 Å². The second kappa shape index (κ2) is 7.67. The monoisotopic (exact) mass is 294 g/mol. The summed E-state index contributed by atoms with van der Waals surface area (Å²) in [6.45, 7) is 3.18. The van der Waals surface area contributed by atoms with Crippen molar-refractivity contribution < 1.29 is 4.79 Å². The highest BCUT2D eigenvalue weighted by molar-refractivity contribution is 5.94. The zero-order valence-corrected chi connectivity index (χ0v) is 12.2. The highest BCUT2D eigenvalue weighted by atomic mass is 35.5. The maximum absolute atomic E-state index is 11.8. The van der Waals surface area contributed by atoms with Crippen molar-refractivity contribution in [3.63, 3.8) is 0 Å². The number of hydrogen-bond donors (Lipinski definition) is 2. The molecule has 1 aromatic carbocycles. The molecule has 2 rings (SSSR count). The lowest BCUT2D eigenvalue weighted by Gasteiger charge is -2.05. The minimum atomic E-state index is -0.0726. The summed E-state index contributed by atoms with van der Waals surface area (Å²) in [6.07, 6.45) is 4.53. The van der Waals surface area contributed by atoms with Crippen LogP contribution in [0.5, 0.6) is 0 Å². The van der Waals surface area contributed by atoms with Gasteiger partial charge in [-0.05, 0) is 49.7 Å². The van der Waals surface area contributed by atoms with Crippen LogP contribution >= 0.6 is 12.4 Å². The van der Waals surface area contributed by atoms with Gasteiger partial charge in [0.2, 0.25) is 0 Å². The first-order valence-electron chi connectivity index (χ1n) is 6.30. The Bertz CT molecular complexity index is 551. The smallest absolute Gasteiger partial charge is 0.251 e. The predicted octanol–water partition coefficient (Wildman–Crippen LogP) is 1.68. The molecule has 0 spiro atoms. The molecule has 1 aromatic heterocycles. The van der Waals surface area contributed by atoms with Gasteiger partial charge in [0, 0.05) is 18.3 Å². The van der Waals surface area contributed by atoms with Gasteiger partial charge in [0.25, 0.3) is 5.91 Å². The van der Waals surface area contributed by atoms with Crippen molar-refractivity contribution in [2.75, 3.05) is 13.1 Å². The molecule has 0 atom stereocenters. The van der Waals surface area contributed by atoms with E-state index in [0.29, 0.717) is 18.7 Å². The van der Waals surface area contributed by atoms with Crippen LogP contribution in [0.4, 0.5) is 0 Å². The average Bonchev–Trinajstić information content (AvgIpc) is 2.86. The largest absolute Gasteiger partial charge is 0.352 e. The molecule has 3 N–H and O–H groups in total. The second-order valence-corrected chi connectivity index (χ2v) is 4.41. The quantitative estimate of drug-likeness (QED) is 0.824. The van der Waals surface area contributed by atoms with Gasteiger partial charge >= 0.3 is 0 Å². The van der Waals surface area contributed by atoms with Crippen LogP contribution in [-0.4, -0.2) is 28.8 Å². The van der Waals surface area contributed by atoms with Crippen molar-refractivity contribution in [1.82, 2.24) is 15.1 Å². The van der Waals surface area contributed by atoms with Gasteiger partial charge in [0.15, 0.2) is 0 Å². The van der Waals surface area contributed by atoms with E-state index in [1.54, 1.807) is 23.0 Å². The van der Waals surface area contributed by atoms with Crippen LogP contribution in [0.3, 0.4) is 0 Å². The molecule has 0 aliphatic heterocycles. The van der Waals surface area contributed by atoms with Crippen molar-refractivity contribution in [2.45, 2.75) is 13.3 Å². The average molecular weight is 295 g/mol. The predicted molar refractivity (Wildman–Crippen MR) is 81.6 cm³/mol. The Morgan fingerprint density at radius 1 is 1.35 bits per heavy atom. The van der Waals surface area contributed by atoms with Gasteiger partial charge in [-0.15, -0.1) is 12.4 Å². The van der Waals surface area contributed by atoms with Crippen LogP contribution in [0, 0.1) is 6.92 Å². The second-order valence-electron chi connectivity index (χ2n) is 4.41. The maximum Gasteiger partial charge on any atom is 0.251 e. The summed E-state index contributed by atoms with van der Waals surface area (Å²) in [7, 11) is 0. The molecule has 0 unspecified atom stereocenters. The van der Waals surface area contributed by atoms with E-state index in [4.69, 9.17) is 5.73 Å². The van der Waals surface area contributed by atoms with Crippen LogP contribution in [0.1, 0.15) is 22.3 Å². The molecule has 0 aliphatic rings. The number of halogens is 1. The Kier molecular flexibility index (Phi) is 6.21. The van der Waals surface area contributed by atoms with Gasteiger partial charge in [-0.2, -0.15) is 5.10 Å². The van der Waals surface area contributed by atoms with Gasteiger partial charge in [-0.1, -0.05) is 0 Å². The van der Waals surface area contributed by atoms with E-state index in [-0.39, 0.29) is 18.3 Å². The highest BCUT2D eigenvalue weighted by Crippen LogP contribution is 2.09. The first kappa shape index (κ1) is 16.2. The number of aryl methyl sites for hydroxylation is 1. The number of benzene rings is 1. The minimum Gasteiger partial charge on any atom is -0.352 e. The fraction of sp³-hybridized carbons (Fsp3) is 0.286. The number of hydrogen-bond acceptors (Lipinski definition) is 3. The highest BCUT2D eigenvalue weighted by Gasteiger charge is 2.05. The molecular formula is C14H19ClN4O. The first-order chi connectivity index (χ1) is 9.20. The number of carbonyl (C=O) groups is 1. The van der Waals surface area contributed by atoms with Crippen LogP contribution in [0.2, 0.25) is 0 Å². The Hall–Kier alpha value is -1.85. The van der Waals surface area contributed by atoms with Crippen molar-refractivity contribution in [2.24, 2.45) is 5.73 Å². The molecule has 5 nitrogen and oxygen atoms in total. The van der Waals surface area contributed by atoms with Crippen LogP contribution in [0.25, 0.3) is 5.69 Å². The fourth-order valence-electron chi connectivity index (χ4n) is 1.73. The Morgan fingerprint density at radius 3 is 2.60 bits per heavy atom. The third-order valence-electron chi connectivity index (χ3n) is 2.77. The molecule has 1 amide bonds. The van der Waals surface area contributed by atoms with Crippen molar-refractivity contribution in [3.05, 3.63) is 47.8 Å². The summed E-state index contributed by atoms with van der Waals surface area (Å²) in [5.74, 6) is -0.0726. The molecule has 0 bridgehead atoms. The molecule has 1 heterocycles. The topological polar surface area (TPSA) is 72.9 Å². The minimum absolute atomic E-state index is 0. The first-order valence-corrected chi connectivity index (χ1v) is 6.30. The Balaban J connectivity index is 0.00000200. The van der Waals surface area contributed by atoms with Crippen molar-refractivity contribution >= 4 is 18.3 Å². The number of carbonyl (C=O) groups excluding carboxylic acids is 1. The van der Waals surface area contributed by atoms with Crippen molar-refractivity contribution in [1.29, 1.82) is 0 Å². The van der Waals surface area contributed by atoms with Crippen LogP contribution in [0.15, 0.2) is 36.7 Å². The summed E-state index contributed by atoms with van der Waals surface area (Å²) >= 11 is 0. The molecule has 108 valence electrons. The lowest BCUT2D eigenvalue weighted by molar-refractivity contribution is 0.0953. The molecule has 0 aliphatic carbocycles. The third kappa shape index (κ3) is 4.08. The molecule has 0 fully saturated rings. The van der Waals surface area contributed by atoms with Gasteiger partial charge in [0.1, 0.15) is 0 Å². The summed E-state index contributed by atoms with van der Waals surface area (Å²) in [5.41, 5.74) is 8.06. The maximum atomic E-state index is 11.8. The number of nitrogens with one attached hydrogen (secondary N) is 1. The Labute approximate surface area is 124 Å². The number of amides is 1. The van der Waals surface area contributed by atoms with Gasteiger partial charge < -0.3 is 11.1 Å². The number of aromatic nitrogens is 2. The van der Waals surface area contributed by atoms with Crippen molar-refractivity contribution in [3.8, 4) is 5.69 Å². The van der Waals surface area contributed by atoms with Gasteiger partial charge in [-0.3, -0.25) is 4.79 Å². The van der Waals surface area contributed by atoms with E-state index in [2.05, 4.69) is 10.4 Å². The molecular weight excluding hydrogens is 276 g/mol. The standard InChI is InChI=1S/C14H18N4O.ClH/c1-11-9-17-18(10-11)13-5-3-12(4-6-13)14(19)16-8-2-7-15;/h3-6,9-10H,2,7-8,15H2,1H3,(H,16,19);1H. The molecule has 6 heteroatoms. The van der Waals surface area contributed by atoms with E-state index < -0.39 is 0 Å². The van der Waals surface area contributed by atoms with Gasteiger partial charge in [0.05, 0.1) is 11.9 Å². The van der Waals surface area contributed by atoms with E-state index in [1.807, 2.05) is 25.3 Å². The van der Waals surface area contributed by atoms with E-state index >= 15 is 0 Å². The Morgan fingerprint density at radius 2 is 2.05 bits per heavy atom. The number of nitrogens with zero attached hydrogens (tertiary/aromatic N) is 2. The number of rotatable bonds is 5. The number of nitrogens with two attached hydrogens (primary N) is 1. The molecule has 0 saturated heterocycles. The summed E-state index contributed by atoms with van der Waals surface area (Å²) in [4.78, 5) is 11.8. The molecule has 0 saturated carbocycles. The molecule has 0 radical (unpaired) electrons. The van der Waals surface area contributed by atoms with Gasteiger partial charge in [-0.25, -0.2) is 4.68 Å². The summed E-state index contributed by atoms with van der Waals surface area (Å²) in [6, 6.07) is 7.35. The van der Waals surface area contributed by atoms with E-state index in [0.717, 1.165) is 17.7 Å². The summed E-state index contributed by atoms with van der Waals surface area (Å²) < 4.78 is 1.78. The normalized spacial score (nSPS) is 9.90. The zero-order chi connectivity index (χ0) is 13.7. The van der Waals surface area contributed by atoms with E-state index in [1.165, 1.54) is 0 Å². The fourth-order valence-corrected chi connectivity index (χ4v) is 1.73. The molecule has 2 aromatic rings. The third-order valence-corrected chi connectivity index (χ3v) is 2.77.